The molecule has 4 nitrogen and oxygen atoms in total. The van der Waals surface area contributed by atoms with Crippen molar-refractivity contribution in [3.8, 4) is 0 Å². The zero-order valence-electron chi connectivity index (χ0n) is 15.1. The summed E-state index contributed by atoms with van der Waals surface area (Å²) >= 11 is 5.48. The van der Waals surface area contributed by atoms with Gasteiger partial charge in [0.15, 0.2) is 5.11 Å². The highest BCUT2D eigenvalue weighted by molar-refractivity contribution is 7.80. The van der Waals surface area contributed by atoms with Crippen LogP contribution in [0.1, 0.15) is 18.5 Å². The molecule has 0 aliphatic carbocycles. The fraction of sp³-hybridized carbons (Fsp3) is 0.143. The summed E-state index contributed by atoms with van der Waals surface area (Å²) in [5, 5.41) is 3.38. The lowest BCUT2D eigenvalue weighted by Crippen LogP contribution is -2.48. The van der Waals surface area contributed by atoms with E-state index in [1.807, 2.05) is 0 Å². The summed E-state index contributed by atoms with van der Waals surface area (Å²) < 4.78 is 32.3. The molecule has 0 radical (unpaired) electrons. The van der Waals surface area contributed by atoms with Gasteiger partial charge in [-0.2, -0.15) is 0 Å². The Morgan fingerprint density at radius 3 is 2.61 bits per heavy atom. The number of anilines is 1. The second-order valence-electron chi connectivity index (χ2n) is 6.14. The van der Waals surface area contributed by atoms with Crippen LogP contribution in [0.5, 0.6) is 0 Å². The van der Waals surface area contributed by atoms with Crippen LogP contribution in [0.25, 0.3) is 0 Å². The first kappa shape index (κ1) is 19.7. The Morgan fingerprint density at radius 2 is 1.96 bits per heavy atom. The molecule has 0 fully saturated rings. The van der Waals surface area contributed by atoms with Crippen LogP contribution in [0.3, 0.4) is 0 Å². The molecule has 7 heteroatoms. The second kappa shape index (κ2) is 8.31. The highest BCUT2D eigenvalue weighted by Gasteiger charge is 2.35. The van der Waals surface area contributed by atoms with Crippen molar-refractivity contribution in [2.24, 2.45) is 0 Å². The molecule has 1 aliphatic rings. The number of hydrogen-bond acceptors (Lipinski definition) is 3. The molecule has 3 rings (SSSR count). The fourth-order valence-corrected chi connectivity index (χ4v) is 3.42. The van der Waals surface area contributed by atoms with Crippen LogP contribution in [0.15, 0.2) is 72.5 Å². The van der Waals surface area contributed by atoms with Gasteiger partial charge in [-0.05, 0) is 61.1 Å². The molecule has 1 heterocycles. The molecule has 1 aliphatic heterocycles. The number of ether oxygens (including phenoxy) is 1. The minimum atomic E-state index is -0.683. The predicted molar refractivity (Wildman–Crippen MR) is 108 cm³/mol. The van der Waals surface area contributed by atoms with Gasteiger partial charge in [0.1, 0.15) is 18.2 Å². The van der Waals surface area contributed by atoms with Gasteiger partial charge < -0.3 is 10.1 Å². The van der Waals surface area contributed by atoms with Crippen molar-refractivity contribution >= 4 is 29.0 Å². The van der Waals surface area contributed by atoms with Crippen LogP contribution in [0.4, 0.5) is 14.5 Å². The van der Waals surface area contributed by atoms with Gasteiger partial charge in [-0.3, -0.25) is 4.90 Å². The van der Waals surface area contributed by atoms with Crippen molar-refractivity contribution in [3.63, 3.8) is 0 Å². The van der Waals surface area contributed by atoms with Gasteiger partial charge in [0.2, 0.25) is 0 Å². The summed E-state index contributed by atoms with van der Waals surface area (Å²) in [5.41, 5.74) is 1.91. The number of carbonyl (C=O) groups is 1. The number of hydrogen-bond donors (Lipinski definition) is 1. The first-order valence-electron chi connectivity index (χ1n) is 8.53. The third kappa shape index (κ3) is 3.94. The van der Waals surface area contributed by atoms with Gasteiger partial charge in [0.25, 0.3) is 0 Å². The second-order valence-corrected chi connectivity index (χ2v) is 6.52. The average molecular weight is 400 g/mol. The summed E-state index contributed by atoms with van der Waals surface area (Å²) in [7, 11) is 0. The Kier molecular flexibility index (Phi) is 5.84. The Hall–Kier alpha value is -3.06. The molecule has 1 atom stereocenters. The van der Waals surface area contributed by atoms with Gasteiger partial charge in [-0.15, -0.1) is 0 Å². The number of rotatable bonds is 5. The zero-order chi connectivity index (χ0) is 20.3. The summed E-state index contributed by atoms with van der Waals surface area (Å²) in [6.45, 7) is 5.29. The van der Waals surface area contributed by atoms with E-state index in [9.17, 15) is 13.6 Å². The van der Waals surface area contributed by atoms with Gasteiger partial charge in [-0.25, -0.2) is 13.6 Å². The first-order valence-corrected chi connectivity index (χ1v) is 8.93. The summed E-state index contributed by atoms with van der Waals surface area (Å²) in [5.74, 6) is -1.39. The third-order valence-electron chi connectivity index (χ3n) is 4.30. The monoisotopic (exact) mass is 400 g/mol. The van der Waals surface area contributed by atoms with E-state index in [-0.39, 0.29) is 18.0 Å². The summed E-state index contributed by atoms with van der Waals surface area (Å²) in [6.07, 6.45) is 1.46. The number of esters is 1. The third-order valence-corrected chi connectivity index (χ3v) is 4.60. The smallest absolute Gasteiger partial charge is 0.338 e. The molecule has 0 spiro atoms. The highest BCUT2D eigenvalue weighted by Crippen LogP contribution is 2.34. The van der Waals surface area contributed by atoms with Gasteiger partial charge in [0, 0.05) is 11.4 Å². The Labute approximate surface area is 167 Å². The van der Waals surface area contributed by atoms with Crippen molar-refractivity contribution in [2.45, 2.75) is 13.0 Å². The summed E-state index contributed by atoms with van der Waals surface area (Å²) in [6, 6.07) is 11.0. The van der Waals surface area contributed by atoms with E-state index in [2.05, 4.69) is 11.9 Å². The molecule has 0 aromatic heterocycles. The lowest BCUT2D eigenvalue weighted by Gasteiger charge is -2.37. The molecule has 2 aromatic rings. The number of nitrogens with one attached hydrogen (secondary N) is 1. The van der Waals surface area contributed by atoms with E-state index in [4.69, 9.17) is 17.0 Å². The van der Waals surface area contributed by atoms with Crippen molar-refractivity contribution in [3.05, 3.63) is 89.7 Å². The normalized spacial score (nSPS) is 16.6. The van der Waals surface area contributed by atoms with Gasteiger partial charge >= 0.3 is 5.97 Å². The Bertz CT molecular complexity index is 957. The number of benzene rings is 2. The minimum Gasteiger partial charge on any atom is -0.458 e. The highest BCUT2D eigenvalue weighted by atomic mass is 32.1. The zero-order valence-corrected chi connectivity index (χ0v) is 15.9. The maximum atomic E-state index is 13.8. The molecule has 0 unspecified atom stereocenters. The summed E-state index contributed by atoms with van der Waals surface area (Å²) in [4.78, 5) is 14.4. The van der Waals surface area contributed by atoms with Crippen molar-refractivity contribution < 1.29 is 18.3 Å². The van der Waals surface area contributed by atoms with Crippen LogP contribution >= 0.6 is 12.2 Å². The lowest BCUT2D eigenvalue weighted by molar-refractivity contribution is -0.138. The van der Waals surface area contributed by atoms with Crippen molar-refractivity contribution in [2.75, 3.05) is 11.5 Å². The van der Waals surface area contributed by atoms with Crippen LogP contribution in [0.2, 0.25) is 0 Å². The molecule has 0 amide bonds. The largest absolute Gasteiger partial charge is 0.458 e. The predicted octanol–water partition coefficient (Wildman–Crippen LogP) is 4.40. The first-order chi connectivity index (χ1) is 13.4. The molecule has 0 saturated carbocycles. The van der Waals surface area contributed by atoms with E-state index in [1.165, 1.54) is 30.3 Å². The van der Waals surface area contributed by atoms with Crippen LogP contribution in [-0.2, 0) is 9.53 Å². The Balaban J connectivity index is 2.11. The molecule has 2 aromatic carbocycles. The van der Waals surface area contributed by atoms with Crippen molar-refractivity contribution in [1.29, 1.82) is 0 Å². The van der Waals surface area contributed by atoms with E-state index in [0.29, 0.717) is 22.1 Å². The van der Waals surface area contributed by atoms with Crippen molar-refractivity contribution in [1.82, 2.24) is 5.32 Å². The molecule has 28 heavy (non-hydrogen) atoms. The SMILES string of the molecule is C=CCOC(=O)C1=C(C)N(c2ccc(F)cc2)C(=S)N[C@H]1c1cccc(F)c1. The topological polar surface area (TPSA) is 41.6 Å². The Morgan fingerprint density at radius 1 is 1.25 bits per heavy atom. The fourth-order valence-electron chi connectivity index (χ4n) is 3.06. The number of nitrogens with zero attached hydrogens (tertiary/aromatic N) is 1. The van der Waals surface area contributed by atoms with E-state index >= 15 is 0 Å². The molecule has 0 saturated heterocycles. The number of allylic oxidation sites excluding steroid dienone is 1. The van der Waals surface area contributed by atoms with E-state index < -0.39 is 17.8 Å². The lowest BCUT2D eigenvalue weighted by atomic mass is 9.94. The molecular formula is C21H18F2N2O2S. The standard InChI is InChI=1S/C21H18F2N2O2S/c1-3-11-27-20(26)18-13(2)25(17-9-7-15(22)8-10-17)21(28)24-19(18)14-5-4-6-16(23)12-14/h3-10,12,19H,1,11H2,2H3,(H,24,28)/t19-/m0/s1. The van der Waals surface area contributed by atoms with Crippen LogP contribution in [0, 0.1) is 11.6 Å². The molecular weight excluding hydrogens is 382 g/mol. The molecule has 0 bridgehead atoms. The minimum absolute atomic E-state index is 0.0342. The maximum absolute atomic E-state index is 13.8. The number of halogens is 2. The molecule has 144 valence electrons. The molecule has 1 N–H and O–H groups in total. The number of carbonyl (C=O) groups excluding carboxylic acids is 1. The maximum Gasteiger partial charge on any atom is 0.338 e. The quantitative estimate of drug-likeness (QED) is 0.458. The number of thiocarbonyl (C=S) groups is 1. The van der Waals surface area contributed by atoms with Crippen LogP contribution < -0.4 is 10.2 Å². The van der Waals surface area contributed by atoms with E-state index in [0.717, 1.165) is 0 Å². The van der Waals surface area contributed by atoms with Gasteiger partial charge in [-0.1, -0.05) is 24.8 Å². The van der Waals surface area contributed by atoms with Gasteiger partial charge in [0.05, 0.1) is 11.6 Å². The van der Waals surface area contributed by atoms with E-state index in [1.54, 1.807) is 36.1 Å². The van der Waals surface area contributed by atoms with Crippen LogP contribution in [-0.4, -0.2) is 17.7 Å². The average Bonchev–Trinajstić information content (AvgIpc) is 2.67.